The van der Waals surface area contributed by atoms with Crippen LogP contribution in [0, 0.1) is 0 Å². The first-order chi connectivity index (χ1) is 6.56. The van der Waals surface area contributed by atoms with Gasteiger partial charge >= 0.3 is 0 Å². The Kier molecular flexibility index (Phi) is 3.97. The maximum Gasteiger partial charge on any atom is 0.0497 e. The van der Waals surface area contributed by atoms with Crippen LogP contribution < -0.4 is 0 Å². The molecule has 2 heteroatoms. The summed E-state index contributed by atoms with van der Waals surface area (Å²) in [5, 5.41) is 9.88. The van der Waals surface area contributed by atoms with Crippen LogP contribution in [0.2, 0.25) is 5.02 Å². The van der Waals surface area contributed by atoms with Crippen LogP contribution in [0.1, 0.15) is 43.7 Å². The van der Waals surface area contributed by atoms with Crippen molar-refractivity contribution in [3.05, 3.63) is 34.3 Å². The fourth-order valence-electron chi connectivity index (χ4n) is 1.60. The molecule has 78 valence electrons. The summed E-state index contributed by atoms with van der Waals surface area (Å²) in [5.74, 6) is 0.627. The molecule has 0 spiro atoms. The van der Waals surface area contributed by atoms with Gasteiger partial charge in [0.15, 0.2) is 0 Å². The Labute approximate surface area is 90.7 Å². The molecule has 0 aliphatic carbocycles. The largest absolute Gasteiger partial charge is 0.396 e. The number of aliphatic hydroxyl groups is 1. The SMILES string of the molecule is CC(C)c1ccc(Cl)cc1C(C)CO. The highest BCUT2D eigenvalue weighted by Crippen LogP contribution is 2.28. The van der Waals surface area contributed by atoms with E-state index in [0.717, 1.165) is 10.6 Å². The van der Waals surface area contributed by atoms with E-state index in [0.29, 0.717) is 5.92 Å². The van der Waals surface area contributed by atoms with E-state index in [1.807, 2.05) is 19.1 Å². The van der Waals surface area contributed by atoms with Crippen LogP contribution in [0.15, 0.2) is 18.2 Å². The summed E-state index contributed by atoms with van der Waals surface area (Å²) >= 11 is 5.94. The molecule has 1 aromatic rings. The Morgan fingerprint density at radius 2 is 1.86 bits per heavy atom. The molecule has 1 unspecified atom stereocenters. The zero-order valence-corrected chi connectivity index (χ0v) is 9.67. The average Bonchev–Trinajstić information content (AvgIpc) is 2.16. The van der Waals surface area contributed by atoms with Crippen molar-refractivity contribution < 1.29 is 5.11 Å². The fraction of sp³-hybridized carbons (Fsp3) is 0.500. The lowest BCUT2D eigenvalue weighted by atomic mass is 9.90. The van der Waals surface area contributed by atoms with Crippen molar-refractivity contribution in [1.82, 2.24) is 0 Å². The zero-order chi connectivity index (χ0) is 10.7. The van der Waals surface area contributed by atoms with Gasteiger partial charge in [-0.1, -0.05) is 38.4 Å². The van der Waals surface area contributed by atoms with E-state index < -0.39 is 0 Å². The molecule has 0 amide bonds. The molecule has 0 fully saturated rings. The van der Waals surface area contributed by atoms with Crippen LogP contribution in [0.4, 0.5) is 0 Å². The minimum absolute atomic E-state index is 0.158. The zero-order valence-electron chi connectivity index (χ0n) is 8.92. The van der Waals surface area contributed by atoms with Crippen LogP contribution in [-0.4, -0.2) is 11.7 Å². The van der Waals surface area contributed by atoms with Gasteiger partial charge in [0, 0.05) is 17.5 Å². The van der Waals surface area contributed by atoms with Crippen LogP contribution in [-0.2, 0) is 0 Å². The summed E-state index contributed by atoms with van der Waals surface area (Å²) in [7, 11) is 0. The summed E-state index contributed by atoms with van der Waals surface area (Å²) in [6, 6.07) is 5.91. The molecule has 1 atom stereocenters. The Morgan fingerprint density at radius 1 is 1.21 bits per heavy atom. The lowest BCUT2D eigenvalue weighted by Crippen LogP contribution is -2.04. The number of halogens is 1. The second-order valence-electron chi connectivity index (χ2n) is 4.01. The van der Waals surface area contributed by atoms with Gasteiger partial charge in [-0.3, -0.25) is 0 Å². The molecule has 1 rings (SSSR count). The van der Waals surface area contributed by atoms with Crippen LogP contribution in [0.3, 0.4) is 0 Å². The first-order valence-corrected chi connectivity index (χ1v) is 5.34. The van der Waals surface area contributed by atoms with Crippen molar-refractivity contribution in [3.63, 3.8) is 0 Å². The first kappa shape index (κ1) is 11.5. The van der Waals surface area contributed by atoms with E-state index in [9.17, 15) is 0 Å². The van der Waals surface area contributed by atoms with Gasteiger partial charge in [0.25, 0.3) is 0 Å². The Balaban J connectivity index is 3.15. The molecule has 1 N–H and O–H groups in total. The standard InChI is InChI=1S/C12H17ClO/c1-8(2)11-5-4-10(13)6-12(11)9(3)7-14/h4-6,8-9,14H,7H2,1-3H3. The summed E-state index contributed by atoms with van der Waals surface area (Å²) in [4.78, 5) is 0. The number of rotatable bonds is 3. The lowest BCUT2D eigenvalue weighted by molar-refractivity contribution is 0.272. The van der Waals surface area contributed by atoms with Gasteiger partial charge in [-0.05, 0) is 29.2 Å². The van der Waals surface area contributed by atoms with Gasteiger partial charge in [-0.2, -0.15) is 0 Å². The monoisotopic (exact) mass is 212 g/mol. The van der Waals surface area contributed by atoms with Crippen molar-refractivity contribution in [2.24, 2.45) is 0 Å². The Hall–Kier alpha value is -0.530. The van der Waals surface area contributed by atoms with E-state index in [1.165, 1.54) is 5.56 Å². The van der Waals surface area contributed by atoms with Crippen molar-refractivity contribution in [2.75, 3.05) is 6.61 Å². The summed E-state index contributed by atoms with van der Waals surface area (Å²) in [6.07, 6.45) is 0. The number of benzene rings is 1. The smallest absolute Gasteiger partial charge is 0.0497 e. The molecule has 0 radical (unpaired) electrons. The van der Waals surface area contributed by atoms with Crippen molar-refractivity contribution in [3.8, 4) is 0 Å². The predicted molar refractivity (Wildman–Crippen MR) is 61.0 cm³/mol. The molecule has 0 heterocycles. The number of hydrogen-bond acceptors (Lipinski definition) is 1. The predicted octanol–water partition coefficient (Wildman–Crippen LogP) is 3.56. The maximum atomic E-state index is 9.14. The molecule has 0 saturated carbocycles. The van der Waals surface area contributed by atoms with E-state index in [-0.39, 0.29) is 12.5 Å². The highest BCUT2D eigenvalue weighted by molar-refractivity contribution is 6.30. The van der Waals surface area contributed by atoms with E-state index in [2.05, 4.69) is 19.9 Å². The van der Waals surface area contributed by atoms with Gasteiger partial charge in [-0.15, -0.1) is 0 Å². The minimum atomic E-state index is 0.158. The highest BCUT2D eigenvalue weighted by Gasteiger charge is 2.12. The average molecular weight is 213 g/mol. The van der Waals surface area contributed by atoms with Crippen LogP contribution in [0.5, 0.6) is 0 Å². The second-order valence-corrected chi connectivity index (χ2v) is 4.45. The Morgan fingerprint density at radius 3 is 2.36 bits per heavy atom. The van der Waals surface area contributed by atoms with Gasteiger partial charge in [-0.25, -0.2) is 0 Å². The molecule has 0 saturated heterocycles. The van der Waals surface area contributed by atoms with Crippen molar-refractivity contribution >= 4 is 11.6 Å². The molecule has 1 aromatic carbocycles. The van der Waals surface area contributed by atoms with E-state index >= 15 is 0 Å². The number of hydrogen-bond donors (Lipinski definition) is 1. The van der Waals surface area contributed by atoms with E-state index in [1.54, 1.807) is 0 Å². The Bertz CT molecular complexity index is 307. The third-order valence-corrected chi connectivity index (χ3v) is 2.71. The van der Waals surface area contributed by atoms with Gasteiger partial charge < -0.3 is 5.11 Å². The van der Waals surface area contributed by atoms with Gasteiger partial charge in [0.2, 0.25) is 0 Å². The topological polar surface area (TPSA) is 20.2 Å². The minimum Gasteiger partial charge on any atom is -0.396 e. The molecule has 0 aromatic heterocycles. The second kappa shape index (κ2) is 4.81. The first-order valence-electron chi connectivity index (χ1n) is 4.96. The fourth-order valence-corrected chi connectivity index (χ4v) is 1.78. The normalized spacial score (nSPS) is 13.3. The summed E-state index contributed by atoms with van der Waals surface area (Å²) < 4.78 is 0. The molecular weight excluding hydrogens is 196 g/mol. The van der Waals surface area contributed by atoms with Crippen LogP contribution >= 0.6 is 11.6 Å². The number of aliphatic hydroxyl groups excluding tert-OH is 1. The van der Waals surface area contributed by atoms with E-state index in [4.69, 9.17) is 16.7 Å². The lowest BCUT2D eigenvalue weighted by Gasteiger charge is -2.17. The molecule has 1 nitrogen and oxygen atoms in total. The summed E-state index contributed by atoms with van der Waals surface area (Å²) in [5.41, 5.74) is 2.44. The third-order valence-electron chi connectivity index (χ3n) is 2.48. The molecule has 14 heavy (non-hydrogen) atoms. The highest BCUT2D eigenvalue weighted by atomic mass is 35.5. The summed E-state index contributed by atoms with van der Waals surface area (Å²) in [6.45, 7) is 6.48. The van der Waals surface area contributed by atoms with Crippen molar-refractivity contribution in [2.45, 2.75) is 32.6 Å². The van der Waals surface area contributed by atoms with Crippen molar-refractivity contribution in [1.29, 1.82) is 0 Å². The molecule has 0 aliphatic heterocycles. The van der Waals surface area contributed by atoms with Gasteiger partial charge in [0.1, 0.15) is 0 Å². The van der Waals surface area contributed by atoms with Crippen LogP contribution in [0.25, 0.3) is 0 Å². The quantitative estimate of drug-likeness (QED) is 0.813. The molecular formula is C12H17ClO. The molecule has 0 aliphatic rings. The maximum absolute atomic E-state index is 9.14. The third kappa shape index (κ3) is 2.49. The molecule has 0 bridgehead atoms. The van der Waals surface area contributed by atoms with Gasteiger partial charge in [0.05, 0.1) is 0 Å².